The Hall–Kier alpha value is -1.55. The van der Waals surface area contributed by atoms with Crippen molar-refractivity contribution in [2.24, 2.45) is 5.92 Å². The van der Waals surface area contributed by atoms with Crippen molar-refractivity contribution in [3.8, 4) is 0 Å². The van der Waals surface area contributed by atoms with Gasteiger partial charge in [-0.15, -0.1) is 0 Å². The Labute approximate surface area is 108 Å². The normalized spacial score (nSPS) is 11.9. The van der Waals surface area contributed by atoms with E-state index in [-0.39, 0.29) is 12.6 Å². The first kappa shape index (κ1) is 14.5. The quantitative estimate of drug-likeness (QED) is 0.679. The van der Waals surface area contributed by atoms with Crippen LogP contribution in [0.3, 0.4) is 0 Å². The number of aliphatic hydroxyl groups is 1. The molecule has 0 fully saturated rings. The van der Waals surface area contributed by atoms with Crippen molar-refractivity contribution in [2.75, 3.05) is 18.5 Å². The van der Waals surface area contributed by atoms with Gasteiger partial charge < -0.3 is 15.7 Å². The summed E-state index contributed by atoms with van der Waals surface area (Å²) >= 11 is 0. The van der Waals surface area contributed by atoms with Gasteiger partial charge >= 0.3 is 6.03 Å². The number of nitrogens with one attached hydrogen (secondary N) is 2. The Kier molecular flexibility index (Phi) is 6.22. The van der Waals surface area contributed by atoms with Gasteiger partial charge in [0.15, 0.2) is 0 Å². The number of aliphatic hydroxyl groups excluding tert-OH is 1. The zero-order valence-corrected chi connectivity index (χ0v) is 11.1. The minimum atomic E-state index is -0.183. The lowest BCUT2D eigenvalue weighted by Crippen LogP contribution is -2.29. The number of rotatable bonds is 6. The van der Waals surface area contributed by atoms with Crippen molar-refractivity contribution < 1.29 is 9.90 Å². The summed E-state index contributed by atoms with van der Waals surface area (Å²) in [7, 11) is 0. The number of amides is 2. The predicted molar refractivity (Wildman–Crippen MR) is 73.7 cm³/mol. The van der Waals surface area contributed by atoms with Crippen molar-refractivity contribution in [3.63, 3.8) is 0 Å². The first-order chi connectivity index (χ1) is 8.61. The fourth-order valence-electron chi connectivity index (χ4n) is 1.64. The molecule has 0 radical (unpaired) electrons. The molecule has 0 aromatic heterocycles. The number of hydrogen-bond donors (Lipinski definition) is 3. The third-order valence-corrected chi connectivity index (χ3v) is 2.75. The molecular formula is C14H22N2O2. The second-order valence-electron chi connectivity index (χ2n) is 4.68. The standard InChI is InChI=1S/C14H22N2O2/c1-11-5-3-7-13(9-11)16-14(18)15-8-4-6-12(2)10-17/h3,5,7,9,12,17H,4,6,8,10H2,1-2H3,(H2,15,16,18). The van der Waals surface area contributed by atoms with Gasteiger partial charge in [0.2, 0.25) is 0 Å². The maximum Gasteiger partial charge on any atom is 0.319 e. The lowest BCUT2D eigenvalue weighted by Gasteiger charge is -2.10. The van der Waals surface area contributed by atoms with E-state index >= 15 is 0 Å². The first-order valence-electron chi connectivity index (χ1n) is 6.34. The van der Waals surface area contributed by atoms with Crippen LogP contribution in [0.2, 0.25) is 0 Å². The summed E-state index contributed by atoms with van der Waals surface area (Å²) in [5.41, 5.74) is 1.92. The highest BCUT2D eigenvalue weighted by Gasteiger charge is 2.02. The van der Waals surface area contributed by atoms with E-state index in [1.54, 1.807) is 0 Å². The van der Waals surface area contributed by atoms with Gasteiger partial charge in [-0.1, -0.05) is 19.1 Å². The molecule has 1 atom stereocenters. The number of benzene rings is 1. The average molecular weight is 250 g/mol. The maximum atomic E-state index is 11.6. The van der Waals surface area contributed by atoms with Gasteiger partial charge in [-0.3, -0.25) is 0 Å². The van der Waals surface area contributed by atoms with Gasteiger partial charge in [-0.25, -0.2) is 4.79 Å². The SMILES string of the molecule is Cc1cccc(NC(=O)NCCCC(C)CO)c1. The summed E-state index contributed by atoms with van der Waals surface area (Å²) < 4.78 is 0. The summed E-state index contributed by atoms with van der Waals surface area (Å²) in [6, 6.07) is 7.50. The third-order valence-electron chi connectivity index (χ3n) is 2.75. The van der Waals surface area contributed by atoms with Crippen LogP contribution in [0.15, 0.2) is 24.3 Å². The van der Waals surface area contributed by atoms with Crippen LogP contribution >= 0.6 is 0 Å². The van der Waals surface area contributed by atoms with Crippen molar-refractivity contribution in [1.82, 2.24) is 5.32 Å². The highest BCUT2D eigenvalue weighted by Crippen LogP contribution is 2.09. The van der Waals surface area contributed by atoms with Crippen LogP contribution in [0.5, 0.6) is 0 Å². The van der Waals surface area contributed by atoms with Crippen LogP contribution in [0, 0.1) is 12.8 Å². The molecule has 0 heterocycles. The molecular weight excluding hydrogens is 228 g/mol. The predicted octanol–water partition coefficient (Wildman–Crippen LogP) is 2.53. The van der Waals surface area contributed by atoms with Crippen LogP contribution in [0.25, 0.3) is 0 Å². The molecule has 0 bridgehead atoms. The Balaban J connectivity index is 2.22. The van der Waals surface area contributed by atoms with Gasteiger partial charge in [0.25, 0.3) is 0 Å². The molecule has 4 heteroatoms. The number of carbonyl (C=O) groups is 1. The summed E-state index contributed by atoms with van der Waals surface area (Å²) in [5.74, 6) is 0.298. The molecule has 0 saturated carbocycles. The van der Waals surface area contributed by atoms with E-state index in [9.17, 15) is 4.79 Å². The zero-order chi connectivity index (χ0) is 13.4. The Morgan fingerprint density at radius 2 is 2.22 bits per heavy atom. The van der Waals surface area contributed by atoms with Crippen LogP contribution in [0.4, 0.5) is 10.5 Å². The molecule has 100 valence electrons. The minimum Gasteiger partial charge on any atom is -0.396 e. The Morgan fingerprint density at radius 1 is 1.44 bits per heavy atom. The van der Waals surface area contributed by atoms with Crippen molar-refractivity contribution in [2.45, 2.75) is 26.7 Å². The molecule has 1 aromatic carbocycles. The Morgan fingerprint density at radius 3 is 2.89 bits per heavy atom. The van der Waals surface area contributed by atoms with Gasteiger partial charge in [-0.05, 0) is 43.4 Å². The van der Waals surface area contributed by atoms with Crippen molar-refractivity contribution in [1.29, 1.82) is 0 Å². The minimum absolute atomic E-state index is 0.183. The van der Waals surface area contributed by atoms with E-state index in [4.69, 9.17) is 5.11 Å². The fourth-order valence-corrected chi connectivity index (χ4v) is 1.64. The number of urea groups is 1. The second kappa shape index (κ2) is 7.71. The van der Waals surface area contributed by atoms with Crippen LogP contribution in [-0.2, 0) is 0 Å². The van der Waals surface area contributed by atoms with Crippen molar-refractivity contribution in [3.05, 3.63) is 29.8 Å². The monoisotopic (exact) mass is 250 g/mol. The number of aryl methyl sites for hydroxylation is 1. The molecule has 0 aliphatic rings. The molecule has 0 spiro atoms. The van der Waals surface area contributed by atoms with Crippen LogP contribution < -0.4 is 10.6 Å². The summed E-state index contributed by atoms with van der Waals surface area (Å²) in [4.78, 5) is 11.6. The van der Waals surface area contributed by atoms with Gasteiger partial charge in [0.05, 0.1) is 0 Å². The van der Waals surface area contributed by atoms with Gasteiger partial charge in [0.1, 0.15) is 0 Å². The molecule has 0 aliphatic carbocycles. The molecule has 0 aliphatic heterocycles. The molecule has 18 heavy (non-hydrogen) atoms. The smallest absolute Gasteiger partial charge is 0.319 e. The van der Waals surface area contributed by atoms with Crippen molar-refractivity contribution >= 4 is 11.7 Å². The summed E-state index contributed by atoms with van der Waals surface area (Å²) in [5, 5.41) is 14.4. The molecule has 1 unspecified atom stereocenters. The maximum absolute atomic E-state index is 11.6. The second-order valence-corrected chi connectivity index (χ2v) is 4.68. The largest absolute Gasteiger partial charge is 0.396 e. The highest BCUT2D eigenvalue weighted by molar-refractivity contribution is 5.89. The van der Waals surface area contributed by atoms with E-state index in [0.29, 0.717) is 12.5 Å². The van der Waals surface area contributed by atoms with E-state index < -0.39 is 0 Å². The summed E-state index contributed by atoms with van der Waals surface area (Å²) in [6.45, 7) is 4.81. The average Bonchev–Trinajstić information content (AvgIpc) is 2.34. The van der Waals surface area contributed by atoms with E-state index in [1.165, 1.54) is 0 Å². The molecule has 1 aromatic rings. The molecule has 2 amide bonds. The fraction of sp³-hybridized carbons (Fsp3) is 0.500. The van der Waals surface area contributed by atoms with E-state index in [0.717, 1.165) is 24.1 Å². The van der Waals surface area contributed by atoms with E-state index in [1.807, 2.05) is 38.1 Å². The van der Waals surface area contributed by atoms with Crippen LogP contribution in [-0.4, -0.2) is 24.3 Å². The number of carbonyl (C=O) groups excluding carboxylic acids is 1. The topological polar surface area (TPSA) is 61.4 Å². The third kappa shape index (κ3) is 5.68. The lowest BCUT2D eigenvalue weighted by molar-refractivity contribution is 0.227. The summed E-state index contributed by atoms with van der Waals surface area (Å²) in [6.07, 6.45) is 1.80. The number of anilines is 1. The van der Waals surface area contributed by atoms with Crippen LogP contribution in [0.1, 0.15) is 25.3 Å². The highest BCUT2D eigenvalue weighted by atomic mass is 16.3. The van der Waals surface area contributed by atoms with Gasteiger partial charge in [0, 0.05) is 18.8 Å². The molecule has 1 rings (SSSR count). The zero-order valence-electron chi connectivity index (χ0n) is 11.1. The van der Waals surface area contributed by atoms with E-state index in [2.05, 4.69) is 10.6 Å². The lowest BCUT2D eigenvalue weighted by atomic mass is 10.1. The molecule has 3 N–H and O–H groups in total. The van der Waals surface area contributed by atoms with Gasteiger partial charge in [-0.2, -0.15) is 0 Å². The molecule has 0 saturated heterocycles. The number of hydrogen-bond acceptors (Lipinski definition) is 2. The Bertz CT molecular complexity index is 380. The first-order valence-corrected chi connectivity index (χ1v) is 6.34. The molecule has 4 nitrogen and oxygen atoms in total.